The maximum absolute atomic E-state index is 6.36. The van der Waals surface area contributed by atoms with Crippen molar-refractivity contribution in [2.75, 3.05) is 20.0 Å². The second-order valence-corrected chi connectivity index (χ2v) is 4.30. The molecule has 2 rings (SSSR count). The van der Waals surface area contributed by atoms with Gasteiger partial charge in [0.2, 0.25) is 0 Å². The Morgan fingerprint density at radius 1 is 1.32 bits per heavy atom. The molecule has 0 aliphatic carbocycles. The van der Waals surface area contributed by atoms with Crippen LogP contribution in [-0.4, -0.2) is 19.4 Å². The summed E-state index contributed by atoms with van der Waals surface area (Å²) in [4.78, 5) is 0. The van der Waals surface area contributed by atoms with E-state index >= 15 is 0 Å². The van der Waals surface area contributed by atoms with Gasteiger partial charge in [0, 0.05) is 11.6 Å². The number of nitrogen functional groups attached to an aromatic ring is 1. The van der Waals surface area contributed by atoms with Crippen LogP contribution in [0.5, 0.6) is 11.5 Å². The molecule has 0 radical (unpaired) electrons. The summed E-state index contributed by atoms with van der Waals surface area (Å²) >= 11 is 6.36. The van der Waals surface area contributed by atoms with Gasteiger partial charge in [-0.1, -0.05) is 23.7 Å². The SMILES string of the molecule is CCc1c(-c2cc(N)no2)cc(OC)c(OC)c1Cl. The van der Waals surface area contributed by atoms with Crippen LogP contribution in [0.2, 0.25) is 5.02 Å². The Kier molecular flexibility index (Phi) is 3.85. The molecule has 19 heavy (non-hydrogen) atoms. The Bertz CT molecular complexity index is 596. The molecular formula is C13H15ClN2O3. The molecule has 1 heterocycles. The van der Waals surface area contributed by atoms with Gasteiger partial charge in [-0.15, -0.1) is 0 Å². The monoisotopic (exact) mass is 282 g/mol. The van der Waals surface area contributed by atoms with Crippen molar-refractivity contribution in [2.24, 2.45) is 0 Å². The minimum atomic E-state index is 0.322. The van der Waals surface area contributed by atoms with E-state index in [0.717, 1.165) is 17.5 Å². The number of hydrogen-bond acceptors (Lipinski definition) is 5. The first-order chi connectivity index (χ1) is 9.12. The summed E-state index contributed by atoms with van der Waals surface area (Å²) in [5.74, 6) is 1.92. The van der Waals surface area contributed by atoms with E-state index in [1.807, 2.05) is 13.0 Å². The largest absolute Gasteiger partial charge is 0.493 e. The Balaban J connectivity index is 2.69. The van der Waals surface area contributed by atoms with E-state index in [-0.39, 0.29) is 0 Å². The van der Waals surface area contributed by atoms with Gasteiger partial charge in [0.1, 0.15) is 0 Å². The molecule has 0 amide bonds. The molecule has 0 saturated carbocycles. The summed E-state index contributed by atoms with van der Waals surface area (Å²) in [6.07, 6.45) is 0.717. The Labute approximate surface area is 116 Å². The average Bonchev–Trinajstić information content (AvgIpc) is 2.84. The first kappa shape index (κ1) is 13.5. The Hall–Kier alpha value is -1.88. The molecule has 1 aromatic heterocycles. The van der Waals surface area contributed by atoms with E-state index in [1.54, 1.807) is 20.3 Å². The van der Waals surface area contributed by atoms with Crippen LogP contribution in [0.15, 0.2) is 16.7 Å². The number of hydrogen-bond donors (Lipinski definition) is 1. The minimum Gasteiger partial charge on any atom is -0.493 e. The molecule has 1 aromatic carbocycles. The van der Waals surface area contributed by atoms with Crippen molar-refractivity contribution >= 4 is 17.4 Å². The summed E-state index contributed by atoms with van der Waals surface area (Å²) < 4.78 is 15.8. The fourth-order valence-electron chi connectivity index (χ4n) is 1.97. The molecule has 0 spiro atoms. The molecule has 2 aromatic rings. The van der Waals surface area contributed by atoms with E-state index in [1.165, 1.54) is 0 Å². The second-order valence-electron chi connectivity index (χ2n) is 3.92. The predicted molar refractivity (Wildman–Crippen MR) is 73.8 cm³/mol. The highest BCUT2D eigenvalue weighted by Gasteiger charge is 2.20. The lowest BCUT2D eigenvalue weighted by Gasteiger charge is -2.15. The van der Waals surface area contributed by atoms with Crippen LogP contribution >= 0.6 is 11.6 Å². The fourth-order valence-corrected chi connectivity index (χ4v) is 2.38. The van der Waals surface area contributed by atoms with Crippen molar-refractivity contribution < 1.29 is 14.0 Å². The zero-order valence-corrected chi connectivity index (χ0v) is 11.7. The third kappa shape index (κ3) is 2.33. The van der Waals surface area contributed by atoms with Crippen molar-refractivity contribution in [1.29, 1.82) is 0 Å². The standard InChI is InChI=1S/C13H15ClN2O3/c1-4-7-8(9-6-11(15)16-19-9)5-10(17-2)13(18-3)12(7)14/h5-6H,4H2,1-3H3,(H2,15,16). The van der Waals surface area contributed by atoms with Gasteiger partial charge in [0.05, 0.1) is 19.2 Å². The maximum Gasteiger partial charge on any atom is 0.179 e. The number of nitrogens with zero attached hydrogens (tertiary/aromatic N) is 1. The Morgan fingerprint density at radius 3 is 2.53 bits per heavy atom. The van der Waals surface area contributed by atoms with Crippen molar-refractivity contribution in [3.05, 3.63) is 22.7 Å². The predicted octanol–water partition coefficient (Wildman–Crippen LogP) is 3.16. The summed E-state index contributed by atoms with van der Waals surface area (Å²) in [5.41, 5.74) is 7.28. The highest BCUT2D eigenvalue weighted by Crippen LogP contribution is 2.43. The van der Waals surface area contributed by atoms with E-state index in [9.17, 15) is 0 Å². The normalized spacial score (nSPS) is 10.5. The van der Waals surface area contributed by atoms with Crippen molar-refractivity contribution in [3.8, 4) is 22.8 Å². The number of ether oxygens (including phenoxy) is 2. The van der Waals surface area contributed by atoms with Gasteiger partial charge in [0.15, 0.2) is 23.1 Å². The zero-order chi connectivity index (χ0) is 14.0. The van der Waals surface area contributed by atoms with Crippen molar-refractivity contribution in [2.45, 2.75) is 13.3 Å². The Morgan fingerprint density at radius 2 is 2.05 bits per heavy atom. The van der Waals surface area contributed by atoms with Crippen molar-refractivity contribution in [1.82, 2.24) is 5.16 Å². The second kappa shape index (κ2) is 5.40. The molecule has 0 atom stereocenters. The number of methoxy groups -OCH3 is 2. The molecule has 102 valence electrons. The third-order valence-electron chi connectivity index (χ3n) is 2.86. The topological polar surface area (TPSA) is 70.5 Å². The smallest absolute Gasteiger partial charge is 0.179 e. The quantitative estimate of drug-likeness (QED) is 0.933. The van der Waals surface area contributed by atoms with Crippen LogP contribution in [0.1, 0.15) is 12.5 Å². The number of nitrogens with two attached hydrogens (primary N) is 1. The van der Waals surface area contributed by atoms with E-state index < -0.39 is 0 Å². The minimum absolute atomic E-state index is 0.322. The van der Waals surface area contributed by atoms with Crippen molar-refractivity contribution in [3.63, 3.8) is 0 Å². The molecule has 0 saturated heterocycles. The summed E-state index contributed by atoms with van der Waals surface area (Å²) in [7, 11) is 3.10. The van der Waals surface area contributed by atoms with Gasteiger partial charge < -0.3 is 19.7 Å². The van der Waals surface area contributed by atoms with Crippen LogP contribution in [-0.2, 0) is 6.42 Å². The highest BCUT2D eigenvalue weighted by molar-refractivity contribution is 6.33. The fraction of sp³-hybridized carbons (Fsp3) is 0.308. The summed E-state index contributed by atoms with van der Waals surface area (Å²) in [6.45, 7) is 2.00. The lowest BCUT2D eigenvalue weighted by atomic mass is 10.0. The number of rotatable bonds is 4. The van der Waals surface area contributed by atoms with Gasteiger partial charge >= 0.3 is 0 Å². The number of halogens is 1. The van der Waals surface area contributed by atoms with Gasteiger partial charge in [-0.05, 0) is 18.1 Å². The lowest BCUT2D eigenvalue weighted by Crippen LogP contribution is -1.97. The van der Waals surface area contributed by atoms with E-state index in [0.29, 0.717) is 28.1 Å². The van der Waals surface area contributed by atoms with Crippen LogP contribution in [0, 0.1) is 0 Å². The van der Waals surface area contributed by atoms with Gasteiger partial charge in [-0.3, -0.25) is 0 Å². The average molecular weight is 283 g/mol. The van der Waals surface area contributed by atoms with Gasteiger partial charge in [-0.2, -0.15) is 0 Å². The van der Waals surface area contributed by atoms with Gasteiger partial charge in [0.25, 0.3) is 0 Å². The maximum atomic E-state index is 6.36. The molecule has 0 bridgehead atoms. The highest BCUT2D eigenvalue weighted by atomic mass is 35.5. The van der Waals surface area contributed by atoms with E-state index in [2.05, 4.69) is 5.16 Å². The molecule has 0 aliphatic rings. The first-order valence-electron chi connectivity index (χ1n) is 5.78. The van der Waals surface area contributed by atoms with Crippen LogP contribution in [0.4, 0.5) is 5.82 Å². The molecule has 2 N–H and O–H groups in total. The summed E-state index contributed by atoms with van der Waals surface area (Å²) in [6, 6.07) is 3.46. The van der Waals surface area contributed by atoms with Crippen LogP contribution < -0.4 is 15.2 Å². The number of aromatic nitrogens is 1. The molecule has 6 heteroatoms. The third-order valence-corrected chi connectivity index (χ3v) is 3.26. The number of anilines is 1. The van der Waals surface area contributed by atoms with Gasteiger partial charge in [-0.25, -0.2) is 0 Å². The summed E-state index contributed by atoms with van der Waals surface area (Å²) in [5, 5.41) is 4.19. The molecule has 0 unspecified atom stereocenters. The molecule has 0 fully saturated rings. The molecule has 5 nitrogen and oxygen atoms in total. The first-order valence-corrected chi connectivity index (χ1v) is 6.16. The van der Waals surface area contributed by atoms with Crippen LogP contribution in [0.3, 0.4) is 0 Å². The lowest BCUT2D eigenvalue weighted by molar-refractivity contribution is 0.354. The van der Waals surface area contributed by atoms with E-state index in [4.69, 9.17) is 31.3 Å². The van der Waals surface area contributed by atoms with Crippen LogP contribution in [0.25, 0.3) is 11.3 Å². The molecule has 0 aliphatic heterocycles. The number of benzene rings is 1. The molecular weight excluding hydrogens is 268 g/mol. The zero-order valence-electron chi connectivity index (χ0n) is 11.0.